The Balaban J connectivity index is 2.22. The standard InChI is InChI=1S/C15H11ClO2/c16-12-7-9-15(18)13(10-12)14(17)8-6-11-4-2-1-3-5-11/h1-10,18H/b8-6-. The highest BCUT2D eigenvalue weighted by molar-refractivity contribution is 6.31. The number of halogens is 1. The van der Waals surface area contributed by atoms with E-state index >= 15 is 0 Å². The van der Waals surface area contributed by atoms with Crippen molar-refractivity contribution in [1.82, 2.24) is 0 Å². The second-order valence-electron chi connectivity index (χ2n) is 3.77. The molecule has 0 saturated heterocycles. The van der Waals surface area contributed by atoms with E-state index < -0.39 is 0 Å². The zero-order valence-corrected chi connectivity index (χ0v) is 10.3. The van der Waals surface area contributed by atoms with E-state index in [-0.39, 0.29) is 17.1 Å². The van der Waals surface area contributed by atoms with Crippen molar-refractivity contribution in [1.29, 1.82) is 0 Å². The summed E-state index contributed by atoms with van der Waals surface area (Å²) in [6, 6.07) is 13.9. The van der Waals surface area contributed by atoms with Gasteiger partial charge in [-0.05, 0) is 29.8 Å². The molecule has 0 heterocycles. The van der Waals surface area contributed by atoms with Gasteiger partial charge in [0.05, 0.1) is 5.56 Å². The highest BCUT2D eigenvalue weighted by Gasteiger charge is 2.08. The van der Waals surface area contributed by atoms with E-state index in [0.29, 0.717) is 5.02 Å². The third-order valence-corrected chi connectivity index (χ3v) is 2.69. The molecule has 0 bridgehead atoms. The third-order valence-electron chi connectivity index (χ3n) is 2.45. The second kappa shape index (κ2) is 5.52. The summed E-state index contributed by atoms with van der Waals surface area (Å²) in [4.78, 5) is 11.9. The molecule has 0 spiro atoms. The molecule has 90 valence electrons. The summed E-state index contributed by atoms with van der Waals surface area (Å²) in [6.07, 6.45) is 3.11. The smallest absolute Gasteiger partial charge is 0.189 e. The molecule has 3 heteroatoms. The van der Waals surface area contributed by atoms with Crippen molar-refractivity contribution in [3.05, 3.63) is 70.8 Å². The van der Waals surface area contributed by atoms with Gasteiger partial charge < -0.3 is 5.11 Å². The summed E-state index contributed by atoms with van der Waals surface area (Å²) in [5, 5.41) is 10.0. The van der Waals surface area contributed by atoms with Crippen molar-refractivity contribution < 1.29 is 9.90 Å². The van der Waals surface area contributed by atoms with Crippen LogP contribution in [0.25, 0.3) is 6.08 Å². The summed E-state index contributed by atoms with van der Waals surface area (Å²) in [6.45, 7) is 0. The Morgan fingerprint density at radius 1 is 1.11 bits per heavy atom. The van der Waals surface area contributed by atoms with Crippen molar-refractivity contribution in [2.45, 2.75) is 0 Å². The van der Waals surface area contributed by atoms with Crippen LogP contribution in [0.5, 0.6) is 5.75 Å². The van der Waals surface area contributed by atoms with Crippen LogP contribution in [-0.4, -0.2) is 10.9 Å². The van der Waals surface area contributed by atoms with Crippen molar-refractivity contribution in [2.24, 2.45) is 0 Å². The Hall–Kier alpha value is -2.06. The topological polar surface area (TPSA) is 37.3 Å². The fourth-order valence-electron chi connectivity index (χ4n) is 1.53. The van der Waals surface area contributed by atoms with Crippen LogP contribution in [0.4, 0.5) is 0 Å². The highest BCUT2D eigenvalue weighted by Crippen LogP contribution is 2.22. The molecule has 2 rings (SSSR count). The van der Waals surface area contributed by atoms with Gasteiger partial charge in [-0.25, -0.2) is 0 Å². The number of rotatable bonds is 3. The lowest BCUT2D eigenvalue weighted by atomic mass is 10.1. The maximum Gasteiger partial charge on any atom is 0.189 e. The van der Waals surface area contributed by atoms with Crippen LogP contribution in [0, 0.1) is 0 Å². The molecule has 0 radical (unpaired) electrons. The van der Waals surface area contributed by atoms with Crippen LogP contribution in [0.3, 0.4) is 0 Å². The van der Waals surface area contributed by atoms with Crippen LogP contribution in [-0.2, 0) is 0 Å². The van der Waals surface area contributed by atoms with E-state index in [2.05, 4.69) is 0 Å². The molecular weight excluding hydrogens is 248 g/mol. The van der Waals surface area contributed by atoms with Crippen LogP contribution in [0.1, 0.15) is 15.9 Å². The first-order valence-corrected chi connectivity index (χ1v) is 5.80. The molecule has 0 fully saturated rings. The second-order valence-corrected chi connectivity index (χ2v) is 4.21. The van der Waals surface area contributed by atoms with Crippen LogP contribution in [0.2, 0.25) is 5.02 Å². The van der Waals surface area contributed by atoms with E-state index in [4.69, 9.17) is 11.6 Å². The summed E-state index contributed by atoms with van der Waals surface area (Å²) >= 11 is 5.79. The molecule has 0 saturated carbocycles. The normalized spacial score (nSPS) is 10.7. The maximum absolute atomic E-state index is 11.9. The average molecular weight is 259 g/mol. The number of carbonyl (C=O) groups is 1. The summed E-state index contributed by atoms with van der Waals surface area (Å²) in [5.41, 5.74) is 1.13. The van der Waals surface area contributed by atoms with Gasteiger partial charge in [-0.1, -0.05) is 48.0 Å². The fraction of sp³-hybridized carbons (Fsp3) is 0. The number of phenolic OH excluding ortho intramolecular Hbond substituents is 1. The quantitative estimate of drug-likeness (QED) is 0.669. The minimum absolute atomic E-state index is 0.0675. The Labute approximate surface area is 110 Å². The highest BCUT2D eigenvalue weighted by atomic mass is 35.5. The van der Waals surface area contributed by atoms with E-state index in [1.165, 1.54) is 24.3 Å². The summed E-state index contributed by atoms with van der Waals surface area (Å²) < 4.78 is 0. The fourth-order valence-corrected chi connectivity index (χ4v) is 1.70. The first-order valence-electron chi connectivity index (χ1n) is 5.43. The van der Waals surface area contributed by atoms with Crippen molar-refractivity contribution in [3.63, 3.8) is 0 Å². The number of carbonyl (C=O) groups excluding carboxylic acids is 1. The van der Waals surface area contributed by atoms with Crippen molar-refractivity contribution >= 4 is 23.5 Å². The van der Waals surface area contributed by atoms with Crippen LogP contribution < -0.4 is 0 Å². The number of hydrogen-bond acceptors (Lipinski definition) is 2. The molecular formula is C15H11ClO2. The lowest BCUT2D eigenvalue weighted by molar-refractivity contribution is 0.104. The predicted molar refractivity (Wildman–Crippen MR) is 72.9 cm³/mol. The monoisotopic (exact) mass is 258 g/mol. The first kappa shape index (κ1) is 12.4. The van der Waals surface area contributed by atoms with Gasteiger partial charge in [0.25, 0.3) is 0 Å². The molecule has 2 aromatic rings. The Morgan fingerprint density at radius 3 is 2.56 bits per heavy atom. The minimum Gasteiger partial charge on any atom is -0.507 e. The molecule has 0 aliphatic carbocycles. The predicted octanol–water partition coefficient (Wildman–Crippen LogP) is 3.94. The van der Waals surface area contributed by atoms with Gasteiger partial charge in [-0.15, -0.1) is 0 Å². The molecule has 2 nitrogen and oxygen atoms in total. The Kier molecular flexibility index (Phi) is 3.80. The van der Waals surface area contributed by atoms with Gasteiger partial charge in [-0.2, -0.15) is 0 Å². The molecule has 0 unspecified atom stereocenters. The van der Waals surface area contributed by atoms with E-state index in [1.807, 2.05) is 30.3 Å². The van der Waals surface area contributed by atoms with Crippen LogP contribution in [0.15, 0.2) is 54.6 Å². The van der Waals surface area contributed by atoms with E-state index in [9.17, 15) is 9.90 Å². The number of hydrogen-bond donors (Lipinski definition) is 1. The molecule has 0 atom stereocenters. The minimum atomic E-state index is -0.279. The number of aromatic hydroxyl groups is 1. The van der Waals surface area contributed by atoms with Crippen molar-refractivity contribution in [2.75, 3.05) is 0 Å². The SMILES string of the molecule is O=C(/C=C\c1ccccc1)c1cc(Cl)ccc1O. The number of phenols is 1. The Morgan fingerprint density at radius 2 is 1.83 bits per heavy atom. The number of ketones is 1. The first-order chi connectivity index (χ1) is 8.66. The zero-order chi connectivity index (χ0) is 13.0. The van der Waals surface area contributed by atoms with Crippen LogP contribution >= 0.6 is 11.6 Å². The molecule has 18 heavy (non-hydrogen) atoms. The molecule has 1 N–H and O–H groups in total. The number of benzene rings is 2. The lowest BCUT2D eigenvalue weighted by Gasteiger charge is -2.00. The van der Waals surface area contributed by atoms with E-state index in [1.54, 1.807) is 6.08 Å². The molecule has 2 aromatic carbocycles. The third kappa shape index (κ3) is 2.99. The van der Waals surface area contributed by atoms with Gasteiger partial charge in [0.2, 0.25) is 0 Å². The lowest BCUT2D eigenvalue weighted by Crippen LogP contribution is -1.94. The Bertz CT molecular complexity index is 589. The van der Waals surface area contributed by atoms with E-state index in [0.717, 1.165) is 5.56 Å². The van der Waals surface area contributed by atoms with Gasteiger partial charge >= 0.3 is 0 Å². The molecule has 0 aliphatic rings. The van der Waals surface area contributed by atoms with Gasteiger partial charge in [-0.3, -0.25) is 4.79 Å². The summed E-state index contributed by atoms with van der Waals surface area (Å²) in [7, 11) is 0. The average Bonchev–Trinajstić information content (AvgIpc) is 2.40. The van der Waals surface area contributed by atoms with Gasteiger partial charge in [0.1, 0.15) is 5.75 Å². The zero-order valence-electron chi connectivity index (χ0n) is 9.51. The molecule has 0 amide bonds. The van der Waals surface area contributed by atoms with Gasteiger partial charge in [0, 0.05) is 5.02 Å². The van der Waals surface area contributed by atoms with Crippen molar-refractivity contribution in [3.8, 4) is 5.75 Å². The summed E-state index contributed by atoms with van der Waals surface area (Å²) in [5.74, 6) is -0.346. The largest absolute Gasteiger partial charge is 0.507 e. The maximum atomic E-state index is 11.9. The van der Waals surface area contributed by atoms with Gasteiger partial charge in [0.15, 0.2) is 5.78 Å². The molecule has 0 aromatic heterocycles. The molecule has 0 aliphatic heterocycles. The number of allylic oxidation sites excluding steroid dienone is 1.